The van der Waals surface area contributed by atoms with E-state index in [-0.39, 0.29) is 6.04 Å². The molecule has 5 heteroatoms. The van der Waals surface area contributed by atoms with Crippen molar-refractivity contribution in [1.29, 1.82) is 0 Å². The van der Waals surface area contributed by atoms with Crippen LogP contribution in [0, 0.1) is 11.6 Å². The first-order chi connectivity index (χ1) is 8.04. The van der Waals surface area contributed by atoms with Crippen LogP contribution in [0.4, 0.5) is 8.78 Å². The van der Waals surface area contributed by atoms with Gasteiger partial charge in [-0.15, -0.1) is 0 Å². The summed E-state index contributed by atoms with van der Waals surface area (Å²) in [5.41, 5.74) is 11.9. The monoisotopic (exact) mass is 239 g/mol. The minimum Gasteiger partial charge on any atom is -0.404 e. The Morgan fingerprint density at radius 3 is 2.65 bits per heavy atom. The van der Waals surface area contributed by atoms with Crippen LogP contribution in [0.15, 0.2) is 29.4 Å². The zero-order chi connectivity index (χ0) is 12.8. The number of nitrogens with two attached hydrogens (primary N) is 2. The van der Waals surface area contributed by atoms with Crippen molar-refractivity contribution in [3.05, 3.63) is 41.6 Å². The van der Waals surface area contributed by atoms with Crippen molar-refractivity contribution in [2.75, 3.05) is 6.54 Å². The van der Waals surface area contributed by atoms with Gasteiger partial charge in [0.25, 0.3) is 0 Å². The van der Waals surface area contributed by atoms with Crippen LogP contribution in [0.1, 0.15) is 12.5 Å². The van der Waals surface area contributed by atoms with Gasteiger partial charge in [0, 0.05) is 24.0 Å². The number of aliphatic imine (C=N–C) groups is 1. The largest absolute Gasteiger partial charge is 0.404 e. The molecule has 0 unspecified atom stereocenters. The Morgan fingerprint density at radius 2 is 2.12 bits per heavy atom. The highest BCUT2D eigenvalue weighted by molar-refractivity contribution is 6.09. The molecule has 4 N–H and O–H groups in total. The molecule has 0 spiro atoms. The van der Waals surface area contributed by atoms with Crippen molar-refractivity contribution in [2.45, 2.75) is 13.0 Å². The van der Waals surface area contributed by atoms with Crippen molar-refractivity contribution in [3.63, 3.8) is 0 Å². The van der Waals surface area contributed by atoms with Crippen LogP contribution in [0.3, 0.4) is 0 Å². The van der Waals surface area contributed by atoms with E-state index in [1.165, 1.54) is 18.5 Å². The highest BCUT2D eigenvalue weighted by Gasteiger charge is 2.04. The number of halogens is 2. The zero-order valence-corrected chi connectivity index (χ0v) is 9.53. The van der Waals surface area contributed by atoms with E-state index in [2.05, 4.69) is 4.99 Å². The van der Waals surface area contributed by atoms with E-state index in [1.807, 2.05) is 6.92 Å². The summed E-state index contributed by atoms with van der Waals surface area (Å²) in [5.74, 6) is -1.81. The first kappa shape index (κ1) is 13.3. The molecule has 17 heavy (non-hydrogen) atoms. The molecule has 1 rings (SSSR count). The van der Waals surface area contributed by atoms with Crippen LogP contribution in [-0.4, -0.2) is 18.8 Å². The third-order valence-electron chi connectivity index (χ3n) is 2.06. The van der Waals surface area contributed by atoms with Crippen LogP contribution in [0.5, 0.6) is 0 Å². The van der Waals surface area contributed by atoms with Crippen molar-refractivity contribution >= 4 is 11.8 Å². The van der Waals surface area contributed by atoms with Gasteiger partial charge >= 0.3 is 0 Å². The third-order valence-corrected chi connectivity index (χ3v) is 2.06. The molecular formula is C12H15F2N3. The Hall–Kier alpha value is -1.75. The number of hydrogen-bond donors (Lipinski definition) is 2. The van der Waals surface area contributed by atoms with Gasteiger partial charge in [-0.3, -0.25) is 4.99 Å². The lowest BCUT2D eigenvalue weighted by Gasteiger charge is -2.03. The molecule has 0 heterocycles. The van der Waals surface area contributed by atoms with Crippen LogP contribution in [0.25, 0.3) is 5.57 Å². The maximum absolute atomic E-state index is 13.0. The van der Waals surface area contributed by atoms with Gasteiger partial charge in [0.2, 0.25) is 0 Å². The van der Waals surface area contributed by atoms with E-state index in [0.29, 0.717) is 17.7 Å². The lowest BCUT2D eigenvalue weighted by molar-refractivity contribution is 0.508. The first-order valence-corrected chi connectivity index (χ1v) is 5.17. The van der Waals surface area contributed by atoms with Crippen molar-refractivity contribution in [1.82, 2.24) is 0 Å². The lowest BCUT2D eigenvalue weighted by atomic mass is 10.1. The highest BCUT2D eigenvalue weighted by Crippen LogP contribution is 2.15. The van der Waals surface area contributed by atoms with Crippen molar-refractivity contribution < 1.29 is 8.78 Å². The molecule has 0 bridgehead atoms. The van der Waals surface area contributed by atoms with Crippen molar-refractivity contribution in [2.24, 2.45) is 16.5 Å². The predicted octanol–water partition coefficient (Wildman–Crippen LogP) is 1.68. The minimum absolute atomic E-state index is 0.0600. The van der Waals surface area contributed by atoms with Crippen LogP contribution in [-0.2, 0) is 0 Å². The first-order valence-electron chi connectivity index (χ1n) is 5.17. The van der Waals surface area contributed by atoms with E-state index in [1.54, 1.807) is 0 Å². The second kappa shape index (κ2) is 6.10. The van der Waals surface area contributed by atoms with Gasteiger partial charge in [-0.2, -0.15) is 0 Å². The summed E-state index contributed by atoms with van der Waals surface area (Å²) in [4.78, 5) is 4.06. The van der Waals surface area contributed by atoms with Gasteiger partial charge < -0.3 is 11.5 Å². The minimum atomic E-state index is -0.914. The molecule has 0 saturated heterocycles. The molecule has 1 aromatic rings. The quantitative estimate of drug-likeness (QED) is 0.785. The molecule has 3 nitrogen and oxygen atoms in total. The summed E-state index contributed by atoms with van der Waals surface area (Å²) in [6.07, 6.45) is 2.79. The Kier molecular flexibility index (Phi) is 4.78. The average Bonchev–Trinajstić information content (AvgIpc) is 2.28. The Morgan fingerprint density at radius 1 is 1.41 bits per heavy atom. The number of nitrogens with zero attached hydrogens (tertiary/aromatic N) is 1. The standard InChI is InChI=1S/C12H15F2N3/c1-8(16)6-17-7-10(5-15)9-2-3-11(13)12(14)4-9/h2-5,7-8H,6,15-16H2,1H3/t8-/m0/s1. The molecule has 0 aromatic heterocycles. The van der Waals surface area contributed by atoms with E-state index in [9.17, 15) is 8.78 Å². The van der Waals surface area contributed by atoms with Gasteiger partial charge in [-0.25, -0.2) is 8.78 Å². The van der Waals surface area contributed by atoms with Crippen LogP contribution >= 0.6 is 0 Å². The van der Waals surface area contributed by atoms with Crippen LogP contribution < -0.4 is 11.5 Å². The van der Waals surface area contributed by atoms with E-state index in [0.717, 1.165) is 12.1 Å². The number of hydrogen-bond acceptors (Lipinski definition) is 3. The predicted molar refractivity (Wildman–Crippen MR) is 65.5 cm³/mol. The molecular weight excluding hydrogens is 224 g/mol. The molecule has 92 valence electrons. The van der Waals surface area contributed by atoms with Gasteiger partial charge in [-0.1, -0.05) is 6.07 Å². The lowest BCUT2D eigenvalue weighted by Crippen LogP contribution is -2.18. The molecule has 1 aromatic carbocycles. The maximum atomic E-state index is 13.0. The fraction of sp³-hybridized carbons (Fsp3) is 0.250. The van der Waals surface area contributed by atoms with Gasteiger partial charge in [-0.05, 0) is 24.6 Å². The van der Waals surface area contributed by atoms with E-state index >= 15 is 0 Å². The van der Waals surface area contributed by atoms with Gasteiger partial charge in [0.15, 0.2) is 11.6 Å². The fourth-order valence-electron chi connectivity index (χ4n) is 1.21. The third kappa shape index (κ3) is 3.96. The highest BCUT2D eigenvalue weighted by atomic mass is 19.2. The van der Waals surface area contributed by atoms with E-state index < -0.39 is 11.6 Å². The summed E-state index contributed by atoms with van der Waals surface area (Å²) in [7, 11) is 0. The number of rotatable bonds is 4. The summed E-state index contributed by atoms with van der Waals surface area (Å²) in [6, 6.07) is 3.50. The number of allylic oxidation sites excluding steroid dienone is 1. The molecule has 1 atom stereocenters. The summed E-state index contributed by atoms with van der Waals surface area (Å²) >= 11 is 0. The fourth-order valence-corrected chi connectivity index (χ4v) is 1.21. The molecule has 0 aliphatic heterocycles. The smallest absolute Gasteiger partial charge is 0.159 e. The van der Waals surface area contributed by atoms with Crippen molar-refractivity contribution in [3.8, 4) is 0 Å². The average molecular weight is 239 g/mol. The van der Waals surface area contributed by atoms with Crippen LogP contribution in [0.2, 0.25) is 0 Å². The Balaban J connectivity index is 2.88. The topological polar surface area (TPSA) is 64.4 Å². The normalized spacial score (nSPS) is 14.2. The second-order valence-electron chi connectivity index (χ2n) is 3.72. The summed E-state index contributed by atoms with van der Waals surface area (Å²) < 4.78 is 25.8. The SMILES string of the molecule is C[C@H](N)CN=CC(=CN)c1ccc(F)c(F)c1. The Labute approximate surface area is 98.8 Å². The molecule has 0 aliphatic carbocycles. The molecule has 0 saturated carbocycles. The van der Waals surface area contributed by atoms with Gasteiger partial charge in [0.1, 0.15) is 0 Å². The molecule has 0 aliphatic rings. The maximum Gasteiger partial charge on any atom is 0.159 e. The van der Waals surface area contributed by atoms with E-state index in [4.69, 9.17) is 11.5 Å². The molecule has 0 radical (unpaired) electrons. The molecule has 0 amide bonds. The molecule has 0 fully saturated rings. The second-order valence-corrected chi connectivity index (χ2v) is 3.72. The Bertz CT molecular complexity index is 439. The summed E-state index contributed by atoms with van der Waals surface area (Å²) in [6.45, 7) is 2.27. The van der Waals surface area contributed by atoms with Gasteiger partial charge in [0.05, 0.1) is 6.54 Å². The summed E-state index contributed by atoms with van der Waals surface area (Å²) in [5, 5.41) is 0. The number of benzene rings is 1. The zero-order valence-electron chi connectivity index (χ0n) is 9.53.